The molecule has 1 aromatic rings. The zero-order valence-electron chi connectivity index (χ0n) is 8.34. The third-order valence-electron chi connectivity index (χ3n) is 2.80. The molecule has 0 N–H and O–H groups in total. The number of fused-ring (bicyclic) bond motifs is 1. The van der Waals surface area contributed by atoms with Gasteiger partial charge in [0.05, 0.1) is 13.7 Å². The highest BCUT2D eigenvalue weighted by Gasteiger charge is 2.16. The second-order valence-corrected chi connectivity index (χ2v) is 3.57. The van der Waals surface area contributed by atoms with Gasteiger partial charge in [0.25, 0.3) is 0 Å². The molecule has 0 aromatic heterocycles. The van der Waals surface area contributed by atoms with Crippen molar-refractivity contribution in [3.8, 4) is 5.75 Å². The lowest BCUT2D eigenvalue weighted by Crippen LogP contribution is -2.03. The van der Waals surface area contributed by atoms with Gasteiger partial charge in [-0.1, -0.05) is 18.1 Å². The van der Waals surface area contributed by atoms with Crippen LogP contribution in [0, 0.1) is 6.57 Å². The number of ether oxygens (including phenoxy) is 1. The summed E-state index contributed by atoms with van der Waals surface area (Å²) in [7, 11) is 1.62. The highest BCUT2D eigenvalue weighted by atomic mass is 16.5. The lowest BCUT2D eigenvalue weighted by Gasteiger charge is -2.18. The Balaban J connectivity index is 2.57. The third-order valence-corrected chi connectivity index (χ3v) is 2.80. The first-order chi connectivity index (χ1) is 6.86. The van der Waals surface area contributed by atoms with E-state index in [1.165, 1.54) is 24.0 Å². The van der Waals surface area contributed by atoms with E-state index < -0.39 is 0 Å². The molecule has 14 heavy (non-hydrogen) atoms. The van der Waals surface area contributed by atoms with E-state index in [1.807, 2.05) is 6.07 Å². The lowest BCUT2D eigenvalue weighted by atomic mass is 9.90. The molecule has 0 unspecified atom stereocenters. The second kappa shape index (κ2) is 3.71. The monoisotopic (exact) mass is 187 g/mol. The molecular weight excluding hydrogens is 174 g/mol. The summed E-state index contributed by atoms with van der Waals surface area (Å²) in [6, 6.07) is 4.01. The number of methoxy groups -OCH3 is 1. The van der Waals surface area contributed by atoms with Gasteiger partial charge >= 0.3 is 0 Å². The Morgan fingerprint density at radius 1 is 1.29 bits per heavy atom. The van der Waals surface area contributed by atoms with Crippen molar-refractivity contribution < 1.29 is 4.74 Å². The molecule has 0 saturated carbocycles. The highest BCUT2D eigenvalue weighted by Crippen LogP contribution is 2.37. The number of hydrogen-bond acceptors (Lipinski definition) is 1. The van der Waals surface area contributed by atoms with E-state index in [-0.39, 0.29) is 0 Å². The Morgan fingerprint density at radius 2 is 2.07 bits per heavy atom. The molecule has 0 aliphatic heterocycles. The minimum absolute atomic E-state index is 0.723. The standard InChI is InChI=1S/C12H13NO/c1-13-12-10-6-4-3-5-9(10)7-8-11(12)14-2/h7-8H,3-6H2,2H3. The zero-order valence-corrected chi connectivity index (χ0v) is 8.34. The van der Waals surface area contributed by atoms with Crippen LogP contribution in [0.2, 0.25) is 0 Å². The number of nitrogens with zero attached hydrogens (tertiary/aromatic N) is 1. The molecule has 1 aliphatic rings. The van der Waals surface area contributed by atoms with Crippen molar-refractivity contribution in [2.45, 2.75) is 25.7 Å². The molecule has 0 bridgehead atoms. The summed E-state index contributed by atoms with van der Waals surface area (Å²) in [6.07, 6.45) is 4.59. The van der Waals surface area contributed by atoms with Crippen LogP contribution >= 0.6 is 0 Å². The number of hydrogen-bond donors (Lipinski definition) is 0. The Hall–Kier alpha value is -1.49. The Labute approximate surface area is 84.3 Å². The molecule has 0 heterocycles. The van der Waals surface area contributed by atoms with E-state index in [0.717, 1.165) is 24.3 Å². The van der Waals surface area contributed by atoms with Crippen LogP contribution in [-0.4, -0.2) is 7.11 Å². The first-order valence-corrected chi connectivity index (χ1v) is 4.93. The van der Waals surface area contributed by atoms with Crippen LogP contribution in [0.3, 0.4) is 0 Å². The minimum Gasteiger partial charge on any atom is -0.508 e. The summed E-state index contributed by atoms with van der Waals surface area (Å²) in [5, 5.41) is 0. The van der Waals surface area contributed by atoms with Gasteiger partial charge in [-0.25, -0.2) is 4.85 Å². The molecule has 2 rings (SSSR count). The Kier molecular flexibility index (Phi) is 2.41. The zero-order chi connectivity index (χ0) is 9.97. The van der Waals surface area contributed by atoms with Crippen molar-refractivity contribution in [3.63, 3.8) is 0 Å². The van der Waals surface area contributed by atoms with Gasteiger partial charge in [0, 0.05) is 0 Å². The smallest absolute Gasteiger partial charge is 0.231 e. The van der Waals surface area contributed by atoms with Crippen molar-refractivity contribution in [2.24, 2.45) is 0 Å². The molecule has 2 nitrogen and oxygen atoms in total. The average Bonchev–Trinajstić information content (AvgIpc) is 2.27. The topological polar surface area (TPSA) is 13.6 Å². The summed E-state index contributed by atoms with van der Waals surface area (Å²) in [5.74, 6) is 0.723. The fourth-order valence-electron chi connectivity index (χ4n) is 2.07. The summed E-state index contributed by atoms with van der Waals surface area (Å²) < 4.78 is 5.19. The second-order valence-electron chi connectivity index (χ2n) is 3.57. The van der Waals surface area contributed by atoms with Gasteiger partial charge in [-0.2, -0.15) is 0 Å². The van der Waals surface area contributed by atoms with E-state index >= 15 is 0 Å². The maximum Gasteiger partial charge on any atom is 0.231 e. The van der Waals surface area contributed by atoms with Crippen LogP contribution in [0.15, 0.2) is 12.1 Å². The Morgan fingerprint density at radius 3 is 2.79 bits per heavy atom. The van der Waals surface area contributed by atoms with E-state index in [1.54, 1.807) is 7.11 Å². The molecule has 0 fully saturated rings. The van der Waals surface area contributed by atoms with E-state index in [0.29, 0.717) is 0 Å². The van der Waals surface area contributed by atoms with Crippen LogP contribution in [0.4, 0.5) is 5.69 Å². The number of benzene rings is 1. The molecule has 0 atom stereocenters. The molecule has 2 heteroatoms. The van der Waals surface area contributed by atoms with E-state index in [4.69, 9.17) is 11.3 Å². The maximum atomic E-state index is 7.17. The third kappa shape index (κ3) is 1.35. The quantitative estimate of drug-likeness (QED) is 0.616. The summed E-state index contributed by atoms with van der Waals surface area (Å²) >= 11 is 0. The van der Waals surface area contributed by atoms with Gasteiger partial charge in [0.15, 0.2) is 0 Å². The number of rotatable bonds is 1. The normalized spacial score (nSPS) is 14.3. The largest absolute Gasteiger partial charge is 0.508 e. The summed E-state index contributed by atoms with van der Waals surface area (Å²) in [6.45, 7) is 7.17. The van der Waals surface area contributed by atoms with Crippen molar-refractivity contribution in [1.29, 1.82) is 0 Å². The fraction of sp³-hybridized carbons (Fsp3) is 0.417. The molecule has 72 valence electrons. The van der Waals surface area contributed by atoms with Gasteiger partial charge in [-0.3, -0.25) is 0 Å². The molecule has 0 spiro atoms. The van der Waals surface area contributed by atoms with Crippen LogP contribution in [0.25, 0.3) is 4.85 Å². The molecular formula is C12H13NO. The first kappa shape index (κ1) is 9.08. The molecule has 1 aromatic carbocycles. The van der Waals surface area contributed by atoms with Gasteiger partial charge in [0.2, 0.25) is 5.69 Å². The predicted octanol–water partition coefficient (Wildman–Crippen LogP) is 3.12. The minimum atomic E-state index is 0.723. The van der Waals surface area contributed by atoms with Gasteiger partial charge in [-0.05, 0) is 30.9 Å². The van der Waals surface area contributed by atoms with Crippen LogP contribution < -0.4 is 4.74 Å². The van der Waals surface area contributed by atoms with Gasteiger partial charge in [-0.15, -0.1) is 0 Å². The molecule has 0 amide bonds. The molecule has 0 radical (unpaired) electrons. The maximum absolute atomic E-state index is 7.17. The Bertz CT molecular complexity index is 390. The van der Waals surface area contributed by atoms with Gasteiger partial charge < -0.3 is 4.74 Å². The van der Waals surface area contributed by atoms with Crippen molar-refractivity contribution in [2.75, 3.05) is 7.11 Å². The van der Waals surface area contributed by atoms with E-state index in [9.17, 15) is 0 Å². The fourth-order valence-corrected chi connectivity index (χ4v) is 2.07. The SMILES string of the molecule is [C-]#[N+]c1c(OC)ccc2c1CCCC2. The first-order valence-electron chi connectivity index (χ1n) is 4.93. The molecule has 1 aliphatic carbocycles. The van der Waals surface area contributed by atoms with Gasteiger partial charge in [0.1, 0.15) is 5.75 Å². The summed E-state index contributed by atoms with van der Waals surface area (Å²) in [5.41, 5.74) is 3.28. The predicted molar refractivity (Wildman–Crippen MR) is 55.9 cm³/mol. The highest BCUT2D eigenvalue weighted by molar-refractivity contribution is 5.66. The number of aryl methyl sites for hydroxylation is 1. The summed E-state index contributed by atoms with van der Waals surface area (Å²) in [4.78, 5) is 3.58. The lowest BCUT2D eigenvalue weighted by molar-refractivity contribution is 0.416. The average molecular weight is 187 g/mol. The van der Waals surface area contributed by atoms with E-state index in [2.05, 4.69) is 10.9 Å². The van der Waals surface area contributed by atoms with Crippen molar-refractivity contribution in [3.05, 3.63) is 34.7 Å². The van der Waals surface area contributed by atoms with Crippen LogP contribution in [0.1, 0.15) is 24.0 Å². The molecule has 0 saturated heterocycles. The van der Waals surface area contributed by atoms with Crippen molar-refractivity contribution >= 4 is 5.69 Å². The van der Waals surface area contributed by atoms with Crippen LogP contribution in [0.5, 0.6) is 5.75 Å². The van der Waals surface area contributed by atoms with Crippen LogP contribution in [-0.2, 0) is 12.8 Å². The van der Waals surface area contributed by atoms with Crippen molar-refractivity contribution in [1.82, 2.24) is 0 Å².